The Bertz CT molecular complexity index is 535. The van der Waals surface area contributed by atoms with E-state index in [4.69, 9.17) is 11.6 Å². The Labute approximate surface area is 133 Å². The molecule has 1 aromatic carbocycles. The van der Waals surface area contributed by atoms with Crippen molar-refractivity contribution >= 4 is 41.7 Å². The molecule has 1 saturated carbocycles. The molecule has 21 heavy (non-hydrogen) atoms. The van der Waals surface area contributed by atoms with Gasteiger partial charge in [-0.2, -0.15) is 0 Å². The molecule has 0 spiro atoms. The third-order valence-electron chi connectivity index (χ3n) is 2.85. The van der Waals surface area contributed by atoms with Gasteiger partial charge in [0.15, 0.2) is 0 Å². The first kappa shape index (κ1) is 17.5. The fraction of sp³-hybridized carbons (Fsp3) is 0.385. The van der Waals surface area contributed by atoms with Crippen molar-refractivity contribution in [3.8, 4) is 0 Å². The summed E-state index contributed by atoms with van der Waals surface area (Å²) in [6.07, 6.45) is 2.32. The van der Waals surface area contributed by atoms with Gasteiger partial charge in [-0.3, -0.25) is 10.3 Å². The lowest BCUT2D eigenvalue weighted by Gasteiger charge is -2.12. The van der Waals surface area contributed by atoms with Gasteiger partial charge in [0.2, 0.25) is 5.96 Å². The normalized spacial score (nSPS) is 14.1. The maximum absolute atomic E-state index is 13.0. The summed E-state index contributed by atoms with van der Waals surface area (Å²) in [6.45, 7) is 0.644. The molecule has 0 unspecified atom stereocenters. The van der Waals surface area contributed by atoms with Crippen LogP contribution in [-0.2, 0) is 0 Å². The molecule has 0 heterocycles. The van der Waals surface area contributed by atoms with Crippen molar-refractivity contribution < 1.29 is 9.18 Å². The molecule has 2 amide bonds. The number of nitrogens with one attached hydrogen (secondary N) is 3. The Morgan fingerprint density at radius 3 is 2.76 bits per heavy atom. The lowest BCUT2D eigenvalue weighted by molar-refractivity contribution is 0.247. The predicted molar refractivity (Wildman–Crippen MR) is 84.9 cm³/mol. The largest absolute Gasteiger partial charge is 0.341 e. The number of carbonyl (C=O) groups excluding carboxylic acids is 1. The zero-order valence-corrected chi connectivity index (χ0v) is 13.0. The molecule has 1 aliphatic rings. The van der Waals surface area contributed by atoms with Gasteiger partial charge in [0.1, 0.15) is 5.82 Å². The number of anilines is 1. The fourth-order valence-corrected chi connectivity index (χ4v) is 1.73. The van der Waals surface area contributed by atoms with Crippen LogP contribution in [0.4, 0.5) is 14.9 Å². The van der Waals surface area contributed by atoms with Crippen molar-refractivity contribution in [2.45, 2.75) is 12.8 Å². The summed E-state index contributed by atoms with van der Waals surface area (Å²) in [6, 6.07) is 3.59. The molecule has 8 heteroatoms. The monoisotopic (exact) mass is 334 g/mol. The maximum Gasteiger partial charge on any atom is 0.321 e. The van der Waals surface area contributed by atoms with Crippen LogP contribution in [0.3, 0.4) is 0 Å². The molecule has 5 nitrogen and oxygen atoms in total. The van der Waals surface area contributed by atoms with E-state index in [-0.39, 0.29) is 23.5 Å². The first-order valence-corrected chi connectivity index (χ1v) is 6.71. The van der Waals surface area contributed by atoms with E-state index in [9.17, 15) is 9.18 Å². The number of hydrogen-bond donors (Lipinski definition) is 3. The Morgan fingerprint density at radius 2 is 2.19 bits per heavy atom. The van der Waals surface area contributed by atoms with Crippen molar-refractivity contribution in [3.63, 3.8) is 0 Å². The van der Waals surface area contributed by atoms with Crippen molar-refractivity contribution in [1.29, 1.82) is 0 Å². The van der Waals surface area contributed by atoms with Crippen LogP contribution in [0.5, 0.6) is 0 Å². The summed E-state index contributed by atoms with van der Waals surface area (Å²) in [7, 11) is 1.51. The van der Waals surface area contributed by atoms with Gasteiger partial charge in [0.05, 0.1) is 10.7 Å². The summed E-state index contributed by atoms with van der Waals surface area (Å²) in [5.41, 5.74) is 0.485. The second-order valence-electron chi connectivity index (χ2n) is 4.59. The third kappa shape index (κ3) is 5.77. The Morgan fingerprint density at radius 1 is 1.48 bits per heavy atom. The molecule has 0 atom stereocenters. The highest BCUT2D eigenvalue weighted by Crippen LogP contribution is 2.29. The van der Waals surface area contributed by atoms with Crippen molar-refractivity contribution in [2.24, 2.45) is 10.9 Å². The Balaban J connectivity index is 0.00000220. The quantitative estimate of drug-likeness (QED) is 0.587. The van der Waals surface area contributed by atoms with Crippen LogP contribution in [0.25, 0.3) is 0 Å². The highest BCUT2D eigenvalue weighted by Gasteiger charge is 2.21. The highest BCUT2D eigenvalue weighted by molar-refractivity contribution is 6.33. The van der Waals surface area contributed by atoms with Gasteiger partial charge in [0, 0.05) is 13.6 Å². The van der Waals surface area contributed by atoms with Crippen LogP contribution in [0.2, 0.25) is 5.02 Å². The minimum Gasteiger partial charge on any atom is -0.341 e. The van der Waals surface area contributed by atoms with Crippen molar-refractivity contribution in [3.05, 3.63) is 29.0 Å². The van der Waals surface area contributed by atoms with E-state index in [1.807, 2.05) is 0 Å². The third-order valence-corrected chi connectivity index (χ3v) is 3.16. The molecule has 0 aromatic heterocycles. The number of rotatable bonds is 3. The standard InChI is InChI=1S/C13H16ClFN4O.ClH/c1-16-13(20)19-12(17-7-8-2-3-8)18-11-5-4-9(15)6-10(11)14;/h4-6,8H,2-3,7H2,1H3,(H3,16,17,18,19,20);1H. The molecule has 1 aromatic rings. The van der Waals surface area contributed by atoms with Gasteiger partial charge in [-0.1, -0.05) is 11.6 Å². The smallest absolute Gasteiger partial charge is 0.321 e. The van der Waals surface area contributed by atoms with E-state index in [1.165, 1.54) is 25.2 Å². The molecule has 2 rings (SSSR count). The van der Waals surface area contributed by atoms with Gasteiger partial charge in [0.25, 0.3) is 0 Å². The molecule has 0 radical (unpaired) electrons. The molecule has 3 N–H and O–H groups in total. The number of urea groups is 1. The average Bonchev–Trinajstić information content (AvgIpc) is 3.23. The molecule has 0 bridgehead atoms. The topological polar surface area (TPSA) is 65.5 Å². The summed E-state index contributed by atoms with van der Waals surface area (Å²) in [5, 5.41) is 8.15. The van der Waals surface area contributed by atoms with E-state index >= 15 is 0 Å². The average molecular weight is 335 g/mol. The second kappa shape index (κ2) is 8.05. The number of carbonyl (C=O) groups is 1. The Kier molecular flexibility index (Phi) is 6.71. The molecule has 0 aliphatic heterocycles. The molecule has 116 valence electrons. The number of hydrogen-bond acceptors (Lipinski definition) is 2. The minimum atomic E-state index is -0.420. The fourth-order valence-electron chi connectivity index (χ4n) is 1.52. The zero-order chi connectivity index (χ0) is 14.5. The maximum atomic E-state index is 13.0. The van der Waals surface area contributed by atoms with Gasteiger partial charge in [-0.15, -0.1) is 12.4 Å². The number of benzene rings is 1. The number of guanidine groups is 1. The molecule has 1 aliphatic carbocycles. The molecular formula is C13H17Cl2FN4O. The van der Waals surface area contributed by atoms with Gasteiger partial charge in [-0.25, -0.2) is 9.18 Å². The van der Waals surface area contributed by atoms with E-state index in [0.717, 1.165) is 12.8 Å². The SMILES string of the molecule is CNC(=O)NC(=NCC1CC1)Nc1ccc(F)cc1Cl.Cl. The number of halogens is 3. The lowest BCUT2D eigenvalue weighted by Crippen LogP contribution is -2.41. The van der Waals surface area contributed by atoms with E-state index in [0.29, 0.717) is 24.1 Å². The van der Waals surface area contributed by atoms with Gasteiger partial charge < -0.3 is 10.6 Å². The van der Waals surface area contributed by atoms with Crippen LogP contribution in [0.1, 0.15) is 12.8 Å². The molecule has 1 fully saturated rings. The van der Waals surface area contributed by atoms with E-state index < -0.39 is 5.82 Å². The van der Waals surface area contributed by atoms with Crippen LogP contribution >= 0.6 is 24.0 Å². The van der Waals surface area contributed by atoms with Gasteiger partial charge >= 0.3 is 6.03 Å². The summed E-state index contributed by atoms with van der Waals surface area (Å²) in [5.74, 6) is 0.461. The Hall–Kier alpha value is -1.53. The summed E-state index contributed by atoms with van der Waals surface area (Å²) >= 11 is 5.93. The van der Waals surface area contributed by atoms with Gasteiger partial charge in [-0.05, 0) is 37.0 Å². The molecular weight excluding hydrogens is 318 g/mol. The summed E-state index contributed by atoms with van der Waals surface area (Å²) < 4.78 is 13.0. The first-order chi connectivity index (χ1) is 9.58. The van der Waals surface area contributed by atoms with E-state index in [2.05, 4.69) is 20.9 Å². The first-order valence-electron chi connectivity index (χ1n) is 6.33. The zero-order valence-electron chi connectivity index (χ0n) is 11.5. The van der Waals surface area contributed by atoms with Crippen LogP contribution in [0, 0.1) is 11.7 Å². The molecule has 0 saturated heterocycles. The van der Waals surface area contributed by atoms with Crippen LogP contribution < -0.4 is 16.0 Å². The van der Waals surface area contributed by atoms with E-state index in [1.54, 1.807) is 0 Å². The minimum absolute atomic E-state index is 0. The summed E-state index contributed by atoms with van der Waals surface area (Å²) in [4.78, 5) is 15.7. The van der Waals surface area contributed by atoms with Crippen molar-refractivity contribution in [1.82, 2.24) is 10.6 Å². The number of amides is 2. The van der Waals surface area contributed by atoms with Crippen molar-refractivity contribution in [2.75, 3.05) is 18.9 Å². The number of aliphatic imine (C=N–C) groups is 1. The van der Waals surface area contributed by atoms with Crippen LogP contribution in [-0.4, -0.2) is 25.6 Å². The predicted octanol–water partition coefficient (Wildman–Crippen LogP) is 3.01. The second-order valence-corrected chi connectivity index (χ2v) is 4.99. The number of nitrogens with zero attached hydrogens (tertiary/aromatic N) is 1. The van der Waals surface area contributed by atoms with Crippen LogP contribution in [0.15, 0.2) is 23.2 Å². The highest BCUT2D eigenvalue weighted by atomic mass is 35.5. The lowest BCUT2D eigenvalue weighted by atomic mass is 10.3.